The van der Waals surface area contributed by atoms with E-state index >= 15 is 0 Å². The van der Waals surface area contributed by atoms with Gasteiger partial charge in [-0.2, -0.15) is 5.10 Å². The Morgan fingerprint density at radius 1 is 1.25 bits per heavy atom. The van der Waals surface area contributed by atoms with Crippen molar-refractivity contribution in [1.82, 2.24) is 19.6 Å². The van der Waals surface area contributed by atoms with Crippen molar-refractivity contribution in [1.29, 1.82) is 0 Å². The van der Waals surface area contributed by atoms with E-state index in [4.69, 9.17) is 11.6 Å². The lowest BCUT2D eigenvalue weighted by atomic mass is 10.3. The Bertz CT molecular complexity index is 906. The largest absolute Gasteiger partial charge is 0.373 e. The molecule has 0 aromatic carbocycles. The molecule has 3 aromatic heterocycles. The van der Waals surface area contributed by atoms with Crippen molar-refractivity contribution in [3.05, 3.63) is 41.6 Å². The first-order valence-corrected chi connectivity index (χ1v) is 7.52. The number of fused-ring (bicyclic) bond motifs is 1. The molecule has 0 saturated carbocycles. The minimum Gasteiger partial charge on any atom is -0.373 e. The van der Waals surface area contributed by atoms with Gasteiger partial charge in [0.05, 0.1) is 30.0 Å². The molecule has 3 rings (SSSR count). The number of urea groups is 1. The lowest BCUT2D eigenvalue weighted by Crippen LogP contribution is -2.22. The van der Waals surface area contributed by atoms with E-state index in [2.05, 4.69) is 25.7 Å². The minimum atomic E-state index is -0.394. The molecule has 3 heterocycles. The molecule has 0 fully saturated rings. The highest BCUT2D eigenvalue weighted by Crippen LogP contribution is 2.29. The van der Waals surface area contributed by atoms with Crippen molar-refractivity contribution in [2.24, 2.45) is 0 Å². The van der Waals surface area contributed by atoms with Crippen LogP contribution >= 0.6 is 11.6 Å². The number of pyridine rings is 1. The molecule has 0 unspecified atom stereocenters. The van der Waals surface area contributed by atoms with Gasteiger partial charge in [-0.1, -0.05) is 11.6 Å². The van der Waals surface area contributed by atoms with E-state index in [1.165, 1.54) is 0 Å². The van der Waals surface area contributed by atoms with Crippen LogP contribution in [0.5, 0.6) is 0 Å². The van der Waals surface area contributed by atoms with Crippen molar-refractivity contribution in [2.45, 2.75) is 6.92 Å². The van der Waals surface area contributed by atoms with Gasteiger partial charge in [0.25, 0.3) is 0 Å². The topological polar surface area (TPSA) is 87.4 Å². The third-order valence-electron chi connectivity index (χ3n) is 3.26. The Morgan fingerprint density at radius 2 is 2.04 bits per heavy atom. The van der Waals surface area contributed by atoms with Crippen molar-refractivity contribution < 1.29 is 4.79 Å². The van der Waals surface area contributed by atoms with E-state index in [1.54, 1.807) is 29.3 Å². The van der Waals surface area contributed by atoms with Crippen molar-refractivity contribution in [2.75, 3.05) is 29.6 Å². The number of hydrogen-bond acceptors (Lipinski definition) is 5. The molecule has 3 aromatic rings. The second kappa shape index (κ2) is 6.32. The van der Waals surface area contributed by atoms with Crippen LogP contribution in [-0.2, 0) is 0 Å². The fourth-order valence-electron chi connectivity index (χ4n) is 2.33. The van der Waals surface area contributed by atoms with E-state index in [0.717, 1.165) is 5.56 Å². The molecule has 0 aliphatic carbocycles. The van der Waals surface area contributed by atoms with Crippen LogP contribution in [0.2, 0.25) is 5.15 Å². The van der Waals surface area contributed by atoms with Crippen LogP contribution in [0, 0.1) is 6.92 Å². The first-order valence-electron chi connectivity index (χ1n) is 7.15. The predicted octanol–water partition coefficient (Wildman–Crippen LogP) is 2.80. The Morgan fingerprint density at radius 3 is 2.75 bits per heavy atom. The number of carbonyl (C=O) groups is 1. The fraction of sp³-hybridized carbons (Fsp3) is 0.200. The maximum absolute atomic E-state index is 12.3. The monoisotopic (exact) mass is 345 g/mol. The molecule has 0 radical (unpaired) electrons. The summed E-state index contributed by atoms with van der Waals surface area (Å²) in [6.07, 6.45) is 6.45. The molecule has 0 saturated heterocycles. The SMILES string of the molecule is Cc1cncc(NC(=O)Nc2cnn3cc(Cl)nc3c2N(C)C)c1. The first kappa shape index (κ1) is 16.0. The summed E-state index contributed by atoms with van der Waals surface area (Å²) >= 11 is 5.94. The summed E-state index contributed by atoms with van der Waals surface area (Å²) in [6.45, 7) is 1.90. The van der Waals surface area contributed by atoms with Gasteiger partial charge in [0, 0.05) is 20.3 Å². The molecule has 24 heavy (non-hydrogen) atoms. The van der Waals surface area contributed by atoms with E-state index in [9.17, 15) is 4.79 Å². The number of aromatic nitrogens is 4. The molecule has 8 nitrogen and oxygen atoms in total. The zero-order valence-corrected chi connectivity index (χ0v) is 14.2. The molecule has 0 aliphatic rings. The quantitative estimate of drug-likeness (QED) is 0.762. The smallest absolute Gasteiger partial charge is 0.323 e. The average molecular weight is 346 g/mol. The highest BCUT2D eigenvalue weighted by Gasteiger charge is 2.16. The third-order valence-corrected chi connectivity index (χ3v) is 3.45. The van der Waals surface area contributed by atoms with Crippen LogP contribution in [0.4, 0.5) is 21.9 Å². The number of imidazole rings is 1. The van der Waals surface area contributed by atoms with Crippen molar-refractivity contribution in [3.63, 3.8) is 0 Å². The van der Waals surface area contributed by atoms with Crippen LogP contribution in [-0.4, -0.2) is 39.7 Å². The molecule has 0 atom stereocenters. The summed E-state index contributed by atoms with van der Waals surface area (Å²) in [5.41, 5.74) is 3.34. The van der Waals surface area contributed by atoms with E-state index < -0.39 is 6.03 Å². The Labute approximate surface area is 143 Å². The standard InChI is InChI=1S/C15H16ClN7O/c1-9-4-10(6-17-5-9)19-15(24)20-11-7-18-23-8-12(16)21-14(23)13(11)22(2)3/h4-8H,1-3H3,(H2,19,20,24). The van der Waals surface area contributed by atoms with Crippen LogP contribution < -0.4 is 15.5 Å². The van der Waals surface area contributed by atoms with Gasteiger partial charge in [-0.25, -0.2) is 14.3 Å². The fourth-order valence-corrected chi connectivity index (χ4v) is 2.51. The molecular formula is C15H16ClN7O. The Hall–Kier alpha value is -2.87. The van der Waals surface area contributed by atoms with Gasteiger partial charge in [-0.3, -0.25) is 4.98 Å². The number of halogens is 1. The van der Waals surface area contributed by atoms with E-state index in [-0.39, 0.29) is 0 Å². The lowest BCUT2D eigenvalue weighted by molar-refractivity contribution is 0.262. The van der Waals surface area contributed by atoms with Gasteiger partial charge in [-0.05, 0) is 18.6 Å². The molecule has 2 N–H and O–H groups in total. The summed E-state index contributed by atoms with van der Waals surface area (Å²) in [6, 6.07) is 1.43. The molecule has 0 aliphatic heterocycles. The highest BCUT2D eigenvalue weighted by molar-refractivity contribution is 6.29. The third kappa shape index (κ3) is 3.23. The van der Waals surface area contributed by atoms with Crippen molar-refractivity contribution in [3.8, 4) is 0 Å². The number of nitrogens with one attached hydrogen (secondary N) is 2. The first-order chi connectivity index (χ1) is 11.4. The summed E-state index contributed by atoms with van der Waals surface area (Å²) in [4.78, 5) is 22.4. The number of aryl methyl sites for hydroxylation is 1. The van der Waals surface area contributed by atoms with Gasteiger partial charge in [0.2, 0.25) is 0 Å². The zero-order chi connectivity index (χ0) is 17.3. The lowest BCUT2D eigenvalue weighted by Gasteiger charge is -2.18. The van der Waals surface area contributed by atoms with E-state index in [0.29, 0.717) is 27.9 Å². The number of anilines is 3. The number of carbonyl (C=O) groups excluding carboxylic acids is 1. The summed E-state index contributed by atoms with van der Waals surface area (Å²) in [7, 11) is 3.71. The number of hydrogen-bond donors (Lipinski definition) is 2. The predicted molar refractivity (Wildman–Crippen MR) is 93.9 cm³/mol. The van der Waals surface area contributed by atoms with Gasteiger partial charge in [-0.15, -0.1) is 0 Å². The normalized spacial score (nSPS) is 10.7. The van der Waals surface area contributed by atoms with Crippen LogP contribution in [0.1, 0.15) is 5.56 Å². The van der Waals surface area contributed by atoms with Crippen LogP contribution in [0.3, 0.4) is 0 Å². The van der Waals surface area contributed by atoms with Gasteiger partial charge in [0.1, 0.15) is 10.8 Å². The van der Waals surface area contributed by atoms with Crippen LogP contribution in [0.15, 0.2) is 30.9 Å². The molecule has 9 heteroatoms. The number of nitrogens with zero attached hydrogens (tertiary/aromatic N) is 5. The van der Waals surface area contributed by atoms with Gasteiger partial charge in [0.15, 0.2) is 5.65 Å². The highest BCUT2D eigenvalue weighted by atomic mass is 35.5. The summed E-state index contributed by atoms with van der Waals surface area (Å²) in [5.74, 6) is 0. The maximum atomic E-state index is 12.3. The van der Waals surface area contributed by atoms with Gasteiger partial charge >= 0.3 is 6.03 Å². The molecule has 0 spiro atoms. The molecule has 124 valence electrons. The summed E-state index contributed by atoms with van der Waals surface area (Å²) < 4.78 is 1.56. The molecule has 0 bridgehead atoms. The second-order valence-electron chi connectivity index (χ2n) is 5.46. The zero-order valence-electron chi connectivity index (χ0n) is 13.4. The van der Waals surface area contributed by atoms with Crippen molar-refractivity contribution >= 4 is 40.3 Å². The Kier molecular flexibility index (Phi) is 4.22. The molecule has 2 amide bonds. The molecular weight excluding hydrogens is 330 g/mol. The Balaban J connectivity index is 1.89. The second-order valence-corrected chi connectivity index (χ2v) is 5.85. The minimum absolute atomic E-state index is 0.332. The maximum Gasteiger partial charge on any atom is 0.323 e. The number of rotatable bonds is 3. The average Bonchev–Trinajstić information content (AvgIpc) is 2.86. The van der Waals surface area contributed by atoms with E-state index in [1.807, 2.05) is 32.0 Å². The summed E-state index contributed by atoms with van der Waals surface area (Å²) in [5, 5.41) is 10.1. The van der Waals surface area contributed by atoms with Crippen LogP contribution in [0.25, 0.3) is 5.65 Å². The van der Waals surface area contributed by atoms with Gasteiger partial charge < -0.3 is 15.5 Å². The number of amides is 2.